The molecule has 5 N–H and O–H groups in total. The van der Waals surface area contributed by atoms with E-state index in [4.69, 9.17) is 15.2 Å². The molecule has 6 heterocycles. The Labute approximate surface area is 522 Å². The number of aryl methyl sites for hydroxylation is 4. The number of ether oxygens (including phenoxy) is 2. The van der Waals surface area contributed by atoms with Gasteiger partial charge in [0.15, 0.2) is 0 Å². The summed E-state index contributed by atoms with van der Waals surface area (Å²) in [5.74, 6) is 2.26. The molecule has 438 valence electrons. The summed E-state index contributed by atoms with van der Waals surface area (Å²) in [6.45, 7) is 27.7. The number of fused-ring (bicyclic) bond motifs is 4. The second-order valence-corrected chi connectivity index (χ2v) is 25.4. The summed E-state index contributed by atoms with van der Waals surface area (Å²) in [5, 5.41) is 19.3. The summed E-state index contributed by atoms with van der Waals surface area (Å²) < 4.78 is 12.7. The first-order valence-corrected chi connectivity index (χ1v) is 29.9. The Balaban J connectivity index is 0.000000204. The first-order valence-electron chi connectivity index (χ1n) is 29.9. The second-order valence-electron chi connectivity index (χ2n) is 25.4. The van der Waals surface area contributed by atoms with Crippen LogP contribution in [0.1, 0.15) is 175 Å². The number of rotatable bonds is 20. The number of aromatic amines is 2. The van der Waals surface area contributed by atoms with Crippen molar-refractivity contribution in [1.29, 1.82) is 0 Å². The number of nitrogens with two attached hydrogens (primary N) is 1. The third-order valence-corrected chi connectivity index (χ3v) is 17.4. The maximum absolute atomic E-state index is 13.6. The van der Waals surface area contributed by atoms with Crippen LogP contribution in [0.3, 0.4) is 0 Å². The van der Waals surface area contributed by atoms with Crippen molar-refractivity contribution in [3.05, 3.63) is 142 Å². The number of nitrogens with zero attached hydrogens (tertiary/aromatic N) is 4. The summed E-state index contributed by atoms with van der Waals surface area (Å²) in [4.78, 5) is 41.5. The average molecular weight is 1240 g/mol. The predicted octanol–water partition coefficient (Wildman–Crippen LogP) is 13.1. The molecule has 4 aliphatic rings. The minimum atomic E-state index is -0.617. The van der Waals surface area contributed by atoms with Crippen LogP contribution in [0.15, 0.2) is 97.1 Å². The van der Waals surface area contributed by atoms with Crippen LogP contribution in [0.5, 0.6) is 11.8 Å². The van der Waals surface area contributed by atoms with Crippen molar-refractivity contribution in [2.24, 2.45) is 16.6 Å². The Bertz CT molecular complexity index is 2980. The normalized spacial score (nSPS) is 19.5. The number of aldehydes is 1. The fourth-order valence-corrected chi connectivity index (χ4v) is 12.8. The molecule has 0 aliphatic carbocycles. The van der Waals surface area contributed by atoms with Crippen LogP contribution in [-0.4, -0.2) is 105 Å². The van der Waals surface area contributed by atoms with Gasteiger partial charge in [-0.1, -0.05) is 123 Å². The fraction of sp³-hybridized carbons (Fsp3) is 0.515. The zero-order chi connectivity index (χ0) is 58.2. The largest absolute Gasteiger partial charge is 0.475 e. The molecular formula is C68H92CeN8O5. The van der Waals surface area contributed by atoms with Crippen molar-refractivity contribution < 1.29 is 65.6 Å². The van der Waals surface area contributed by atoms with Crippen molar-refractivity contribution in [3.63, 3.8) is 0 Å². The predicted molar refractivity (Wildman–Crippen MR) is 326 cm³/mol. The number of H-pyrrole nitrogens is 2. The number of carbonyl (C=O) groups is 3. The minimum absolute atomic E-state index is 0. The molecule has 0 spiro atoms. The summed E-state index contributed by atoms with van der Waals surface area (Å²) in [6, 6.07) is 35.1. The van der Waals surface area contributed by atoms with Crippen molar-refractivity contribution >= 4 is 18.1 Å². The maximum Gasteiger partial charge on any atom is 0.236 e. The van der Waals surface area contributed by atoms with Crippen molar-refractivity contribution in [2.75, 3.05) is 32.8 Å². The van der Waals surface area contributed by atoms with E-state index in [-0.39, 0.29) is 71.3 Å². The summed E-state index contributed by atoms with van der Waals surface area (Å²) >= 11 is 0. The molecule has 2 unspecified atom stereocenters. The number of benzene rings is 4. The fourth-order valence-electron chi connectivity index (χ4n) is 12.8. The van der Waals surface area contributed by atoms with Gasteiger partial charge < -0.3 is 35.1 Å². The van der Waals surface area contributed by atoms with Gasteiger partial charge in [-0.2, -0.15) is 0 Å². The van der Waals surface area contributed by atoms with Crippen LogP contribution in [0, 0.1) is 80.3 Å². The van der Waals surface area contributed by atoms with Gasteiger partial charge in [-0.25, -0.2) is 0 Å². The van der Waals surface area contributed by atoms with Gasteiger partial charge >= 0.3 is 0 Å². The van der Waals surface area contributed by atoms with E-state index in [1.54, 1.807) is 0 Å². The van der Waals surface area contributed by atoms with Crippen LogP contribution in [0.2, 0.25) is 0 Å². The molecule has 4 bridgehead atoms. The number of amides is 2. The standard InChI is InChI=1S/C34H46N4O2.C25H36N4O2.C9H10O.Ce/c1-22-16-23(2)18-27(17-22)31-30(25(4)20-35-19-24(3)26-10-8-7-9-11-26)32(37-36-31)40-21-34(5,6)33(39)38-28-12-13-29(38)15-14-28;1-15-10-16(2)12-18(11-15)22-21(17(3)13-26)23(28-27-22)31-14-25(4,5)24(30)29-19-6-7-20(29)9-8-19;1-8(7-10)9-5-3-2-4-6-9;/h7-11,16-18,24-25,28-29,35H,12-15,19-21H2,1-6H3,(H,36,37);10-12,17,19-20H,6-9,13-14,26H2,1-5H3,(H,27,28);2-8H,1H3;/t24?,25-,28?,29?;17-,19?,20?;;/m11../s1. The van der Waals surface area contributed by atoms with E-state index in [0.717, 1.165) is 110 Å². The first kappa shape index (κ1) is 64.4. The Morgan fingerprint density at radius 2 is 0.939 bits per heavy atom. The molecule has 0 radical (unpaired) electrons. The Morgan fingerprint density at radius 3 is 1.30 bits per heavy atom. The second kappa shape index (κ2) is 28.6. The number of hydrogen-bond donors (Lipinski definition) is 4. The molecule has 4 aliphatic heterocycles. The van der Waals surface area contributed by atoms with Gasteiger partial charge in [-0.15, -0.1) is 10.2 Å². The zero-order valence-corrected chi connectivity index (χ0v) is 54.2. The molecule has 4 atom stereocenters. The van der Waals surface area contributed by atoms with E-state index in [1.807, 2.05) is 65.0 Å². The van der Waals surface area contributed by atoms with Gasteiger partial charge in [0.05, 0.1) is 22.2 Å². The summed E-state index contributed by atoms with van der Waals surface area (Å²) in [6.07, 6.45) is 10.1. The zero-order valence-electron chi connectivity index (χ0n) is 51.0. The van der Waals surface area contributed by atoms with E-state index in [9.17, 15) is 14.4 Å². The molecular weight excluding hydrogens is 1150 g/mol. The van der Waals surface area contributed by atoms with Gasteiger partial charge in [-0.3, -0.25) is 19.8 Å². The Kier molecular flexibility index (Phi) is 22.4. The molecule has 82 heavy (non-hydrogen) atoms. The number of carbonyl (C=O) groups excluding carboxylic acids is 3. The SMILES string of the molecule is CC(C=O)c1ccccc1.Cc1cc(C)cc(-c2[nH]nc(OCC(C)(C)C(=O)N3C4CCC3CC4)c2[C@H](C)CN)c1.Cc1cc(C)cc(-c2[nH]nc(OCC(C)(C)C(=O)N3C4CCC3CC4)c2[C@H](C)CNCC(C)c2ccccc2)c1.[Ce]. The molecule has 2 amide bonds. The van der Waals surface area contributed by atoms with Crippen molar-refractivity contribution in [1.82, 2.24) is 35.5 Å². The molecule has 14 heteroatoms. The van der Waals surface area contributed by atoms with Gasteiger partial charge in [0.25, 0.3) is 0 Å². The van der Waals surface area contributed by atoms with Crippen LogP contribution < -0.4 is 20.5 Å². The summed E-state index contributed by atoms with van der Waals surface area (Å²) in [7, 11) is 0. The van der Waals surface area contributed by atoms with E-state index in [1.165, 1.54) is 27.8 Å². The smallest absolute Gasteiger partial charge is 0.236 e. The number of aromatic nitrogens is 4. The van der Waals surface area contributed by atoms with Gasteiger partial charge in [0, 0.05) is 119 Å². The average Bonchev–Trinajstić information content (AvgIpc) is 4.55. The maximum atomic E-state index is 13.6. The molecule has 4 aromatic carbocycles. The molecule has 4 fully saturated rings. The Hall–Kier alpha value is -5.19. The van der Waals surface area contributed by atoms with Gasteiger partial charge in [-0.05, 0) is 155 Å². The van der Waals surface area contributed by atoms with E-state index < -0.39 is 10.8 Å². The summed E-state index contributed by atoms with van der Waals surface area (Å²) in [5.41, 5.74) is 18.2. The van der Waals surface area contributed by atoms with Crippen molar-refractivity contribution in [3.8, 4) is 34.3 Å². The van der Waals surface area contributed by atoms with E-state index in [0.29, 0.717) is 61.6 Å². The number of nitrogens with one attached hydrogen (secondary N) is 3. The Morgan fingerprint density at radius 1 is 0.585 bits per heavy atom. The van der Waals surface area contributed by atoms with Gasteiger partial charge in [0.1, 0.15) is 19.5 Å². The monoisotopic (exact) mass is 1240 g/mol. The topological polar surface area (TPSA) is 172 Å². The third-order valence-electron chi connectivity index (χ3n) is 17.4. The van der Waals surface area contributed by atoms with Crippen LogP contribution in [-0.2, 0) is 14.4 Å². The quantitative estimate of drug-likeness (QED) is 0.0543. The van der Waals surface area contributed by atoms with Crippen LogP contribution >= 0.6 is 0 Å². The van der Waals surface area contributed by atoms with Gasteiger partial charge in [0.2, 0.25) is 23.6 Å². The minimum Gasteiger partial charge on any atom is -0.475 e. The van der Waals surface area contributed by atoms with E-state index in [2.05, 4.69) is 151 Å². The molecule has 2 aromatic heterocycles. The van der Waals surface area contributed by atoms with Crippen LogP contribution in [0.4, 0.5) is 0 Å². The molecule has 13 nitrogen and oxygen atoms in total. The molecule has 10 rings (SSSR count). The molecule has 6 aromatic rings. The number of hydrogen-bond acceptors (Lipinski definition) is 9. The van der Waals surface area contributed by atoms with Crippen LogP contribution in [0.25, 0.3) is 22.5 Å². The first-order chi connectivity index (χ1) is 38.7. The third kappa shape index (κ3) is 15.4. The van der Waals surface area contributed by atoms with E-state index >= 15 is 0 Å². The molecule has 0 saturated carbocycles. The molecule has 4 saturated heterocycles. The van der Waals surface area contributed by atoms with Crippen molar-refractivity contribution in [2.45, 2.75) is 182 Å².